The molecule has 1 N–H and O–H groups in total. The van der Waals surface area contributed by atoms with E-state index in [1.54, 1.807) is 0 Å². The maximum atomic E-state index is 12.8. The predicted molar refractivity (Wildman–Crippen MR) is 109 cm³/mol. The number of anilines is 1. The molecule has 0 unspecified atom stereocenters. The standard InChI is InChI=1S/C19H20N4O4S2/c1-13-6-9-23(10-7-13)29(25,26)16-4-2-14(3-5-16)17(24)20-19-22-21-18(27-19)15-8-11-28-12-15/h2-5,8,11-13H,6-7,9-10H2,1H3,(H,20,22,24). The highest BCUT2D eigenvalue weighted by Gasteiger charge is 2.28. The third kappa shape index (κ3) is 4.24. The first-order valence-electron chi connectivity index (χ1n) is 9.21. The number of hydrogen-bond donors (Lipinski definition) is 1. The minimum Gasteiger partial charge on any atom is -0.403 e. The number of benzene rings is 1. The Labute approximate surface area is 172 Å². The zero-order valence-corrected chi connectivity index (χ0v) is 17.4. The smallest absolute Gasteiger partial charge is 0.322 e. The van der Waals surface area contributed by atoms with Crippen molar-refractivity contribution in [1.82, 2.24) is 14.5 Å². The summed E-state index contributed by atoms with van der Waals surface area (Å²) < 4.78 is 32.5. The van der Waals surface area contributed by atoms with Crippen LogP contribution in [0.5, 0.6) is 0 Å². The van der Waals surface area contributed by atoms with Gasteiger partial charge in [0.05, 0.1) is 4.90 Å². The number of carbonyl (C=O) groups excluding carboxylic acids is 1. The number of piperidine rings is 1. The highest BCUT2D eigenvalue weighted by molar-refractivity contribution is 7.89. The fourth-order valence-corrected chi connectivity index (χ4v) is 5.20. The molecule has 152 valence electrons. The maximum Gasteiger partial charge on any atom is 0.322 e. The summed E-state index contributed by atoms with van der Waals surface area (Å²) in [6, 6.07) is 7.68. The number of hydrogen-bond acceptors (Lipinski definition) is 7. The van der Waals surface area contributed by atoms with Crippen molar-refractivity contribution >= 4 is 33.3 Å². The Hall–Kier alpha value is -2.56. The summed E-state index contributed by atoms with van der Waals surface area (Å²) in [5.74, 6) is 0.401. The molecule has 8 nitrogen and oxygen atoms in total. The highest BCUT2D eigenvalue weighted by Crippen LogP contribution is 2.24. The van der Waals surface area contributed by atoms with Crippen LogP contribution < -0.4 is 5.32 Å². The first-order chi connectivity index (χ1) is 13.9. The van der Waals surface area contributed by atoms with E-state index < -0.39 is 15.9 Å². The molecule has 4 rings (SSSR count). The molecule has 1 fully saturated rings. The molecule has 1 saturated heterocycles. The van der Waals surface area contributed by atoms with Crippen LogP contribution in [0, 0.1) is 5.92 Å². The minimum atomic E-state index is -3.55. The van der Waals surface area contributed by atoms with E-state index in [1.165, 1.54) is 39.9 Å². The van der Waals surface area contributed by atoms with Crippen LogP contribution >= 0.6 is 11.3 Å². The van der Waals surface area contributed by atoms with E-state index in [0.29, 0.717) is 30.5 Å². The number of thiophene rings is 1. The average Bonchev–Trinajstić information content (AvgIpc) is 3.40. The maximum absolute atomic E-state index is 12.8. The summed E-state index contributed by atoms with van der Waals surface area (Å²) in [6.45, 7) is 3.18. The minimum absolute atomic E-state index is 0.0182. The molecule has 2 aromatic heterocycles. The van der Waals surface area contributed by atoms with Crippen LogP contribution in [0.4, 0.5) is 6.01 Å². The van der Waals surface area contributed by atoms with E-state index in [-0.39, 0.29) is 10.9 Å². The number of nitrogens with one attached hydrogen (secondary N) is 1. The second-order valence-corrected chi connectivity index (χ2v) is 9.71. The Morgan fingerprint density at radius 3 is 2.55 bits per heavy atom. The number of carbonyl (C=O) groups is 1. The van der Waals surface area contributed by atoms with Crippen LogP contribution in [0.3, 0.4) is 0 Å². The lowest BCUT2D eigenvalue weighted by Crippen LogP contribution is -2.37. The van der Waals surface area contributed by atoms with E-state index in [4.69, 9.17) is 4.42 Å². The van der Waals surface area contributed by atoms with Gasteiger partial charge in [-0.05, 0) is 54.5 Å². The van der Waals surface area contributed by atoms with Gasteiger partial charge in [-0.3, -0.25) is 10.1 Å². The zero-order chi connectivity index (χ0) is 20.4. The second kappa shape index (κ2) is 8.05. The van der Waals surface area contributed by atoms with Crippen molar-refractivity contribution in [1.29, 1.82) is 0 Å². The first-order valence-corrected chi connectivity index (χ1v) is 11.6. The molecule has 1 aliphatic rings. The molecule has 29 heavy (non-hydrogen) atoms. The van der Waals surface area contributed by atoms with Gasteiger partial charge in [-0.15, -0.1) is 5.10 Å². The van der Waals surface area contributed by atoms with Gasteiger partial charge in [-0.25, -0.2) is 8.42 Å². The van der Waals surface area contributed by atoms with Crippen LogP contribution in [0.15, 0.2) is 50.4 Å². The van der Waals surface area contributed by atoms with Gasteiger partial charge in [0, 0.05) is 29.6 Å². The van der Waals surface area contributed by atoms with Crippen molar-refractivity contribution in [3.8, 4) is 11.5 Å². The number of nitrogens with zero attached hydrogens (tertiary/aromatic N) is 3. The Morgan fingerprint density at radius 2 is 1.90 bits per heavy atom. The Morgan fingerprint density at radius 1 is 1.17 bits per heavy atom. The molecule has 0 saturated carbocycles. The van der Waals surface area contributed by atoms with Crippen molar-refractivity contribution in [2.75, 3.05) is 18.4 Å². The molecule has 3 heterocycles. The van der Waals surface area contributed by atoms with Crippen LogP contribution in [-0.2, 0) is 10.0 Å². The van der Waals surface area contributed by atoms with Crippen LogP contribution in [0.1, 0.15) is 30.1 Å². The molecule has 0 aliphatic carbocycles. The third-order valence-electron chi connectivity index (χ3n) is 4.91. The summed E-state index contributed by atoms with van der Waals surface area (Å²) in [4.78, 5) is 12.6. The van der Waals surface area contributed by atoms with E-state index in [0.717, 1.165) is 18.4 Å². The zero-order valence-electron chi connectivity index (χ0n) is 15.7. The van der Waals surface area contributed by atoms with Gasteiger partial charge >= 0.3 is 6.01 Å². The van der Waals surface area contributed by atoms with Crippen molar-refractivity contribution in [2.45, 2.75) is 24.7 Å². The largest absolute Gasteiger partial charge is 0.403 e. The summed E-state index contributed by atoms with van der Waals surface area (Å²) in [7, 11) is -3.55. The summed E-state index contributed by atoms with van der Waals surface area (Å²) in [5.41, 5.74) is 1.08. The topological polar surface area (TPSA) is 105 Å². The van der Waals surface area contributed by atoms with E-state index in [1.807, 2.05) is 16.8 Å². The van der Waals surface area contributed by atoms with Gasteiger partial charge in [-0.2, -0.15) is 15.6 Å². The summed E-state index contributed by atoms with van der Waals surface area (Å²) >= 11 is 1.50. The Bertz CT molecular complexity index is 1080. The fraction of sp³-hybridized carbons (Fsp3) is 0.316. The van der Waals surface area contributed by atoms with Gasteiger partial charge in [0.1, 0.15) is 0 Å². The lowest BCUT2D eigenvalue weighted by atomic mass is 10.0. The van der Waals surface area contributed by atoms with E-state index in [2.05, 4.69) is 22.4 Å². The lowest BCUT2D eigenvalue weighted by molar-refractivity contribution is 0.102. The molecule has 0 atom stereocenters. The molecule has 0 bridgehead atoms. The van der Waals surface area contributed by atoms with Gasteiger partial charge in [0.25, 0.3) is 11.8 Å². The van der Waals surface area contributed by atoms with E-state index >= 15 is 0 Å². The lowest BCUT2D eigenvalue weighted by Gasteiger charge is -2.29. The Kier molecular flexibility index (Phi) is 5.48. The molecular weight excluding hydrogens is 412 g/mol. The number of sulfonamides is 1. The van der Waals surface area contributed by atoms with Crippen LogP contribution in [-0.4, -0.2) is 41.9 Å². The Balaban J connectivity index is 1.44. The predicted octanol–water partition coefficient (Wildman–Crippen LogP) is 3.47. The van der Waals surface area contributed by atoms with Crippen molar-refractivity contribution in [3.05, 3.63) is 46.7 Å². The van der Waals surface area contributed by atoms with Gasteiger partial charge in [0.15, 0.2) is 0 Å². The van der Waals surface area contributed by atoms with Gasteiger partial charge in [-0.1, -0.05) is 12.0 Å². The van der Waals surface area contributed by atoms with Crippen molar-refractivity contribution in [3.63, 3.8) is 0 Å². The molecule has 1 aliphatic heterocycles. The second-order valence-electron chi connectivity index (χ2n) is 6.99. The van der Waals surface area contributed by atoms with Crippen LogP contribution in [0.2, 0.25) is 0 Å². The molecule has 10 heteroatoms. The fourth-order valence-electron chi connectivity index (χ4n) is 3.10. The molecule has 1 amide bonds. The number of rotatable bonds is 5. The average molecular weight is 433 g/mol. The molecule has 0 spiro atoms. The molecule has 1 aromatic carbocycles. The SMILES string of the molecule is CC1CCN(S(=O)(=O)c2ccc(C(=O)Nc3nnc(-c4ccsc4)o3)cc2)CC1. The van der Waals surface area contributed by atoms with Crippen LogP contribution in [0.25, 0.3) is 11.5 Å². The third-order valence-corrected chi connectivity index (χ3v) is 7.51. The van der Waals surface area contributed by atoms with Gasteiger partial charge < -0.3 is 4.42 Å². The van der Waals surface area contributed by atoms with Gasteiger partial charge in [0.2, 0.25) is 10.0 Å². The molecule has 0 radical (unpaired) electrons. The van der Waals surface area contributed by atoms with E-state index in [9.17, 15) is 13.2 Å². The molecular formula is C19H20N4O4S2. The number of aromatic nitrogens is 2. The monoisotopic (exact) mass is 432 g/mol. The molecule has 3 aromatic rings. The normalized spacial score (nSPS) is 16.0. The van der Waals surface area contributed by atoms with Crippen molar-refractivity contribution < 1.29 is 17.6 Å². The van der Waals surface area contributed by atoms with Crippen molar-refractivity contribution in [2.24, 2.45) is 5.92 Å². The summed E-state index contributed by atoms with van der Waals surface area (Å²) in [6.07, 6.45) is 1.72. The summed E-state index contributed by atoms with van der Waals surface area (Å²) in [5, 5.41) is 14.0. The first kappa shape index (κ1) is 19.7. The highest BCUT2D eigenvalue weighted by atomic mass is 32.2. The number of amides is 1. The quantitative estimate of drug-likeness (QED) is 0.662.